The van der Waals surface area contributed by atoms with Gasteiger partial charge in [0.2, 0.25) is 0 Å². The summed E-state index contributed by atoms with van der Waals surface area (Å²) in [6.07, 6.45) is 0.569. The van der Waals surface area contributed by atoms with E-state index in [-0.39, 0.29) is 5.92 Å². The van der Waals surface area contributed by atoms with Crippen molar-refractivity contribution >= 4 is 0 Å². The lowest BCUT2D eigenvalue weighted by Gasteiger charge is -1.98. The van der Waals surface area contributed by atoms with Crippen LogP contribution in [0.1, 0.15) is 13.3 Å². The second kappa shape index (κ2) is 2.71. The zero-order chi connectivity index (χ0) is 4.99. The Labute approximate surface area is 38.6 Å². The van der Waals surface area contributed by atoms with E-state index in [4.69, 9.17) is 5.26 Å². The third kappa shape index (κ3) is 3.49. The molecule has 0 heterocycles. The fourth-order valence-corrected chi connectivity index (χ4v) is 0.156. The summed E-state index contributed by atoms with van der Waals surface area (Å²) in [7, 11) is 0. The van der Waals surface area contributed by atoms with Gasteiger partial charge in [-0.1, -0.05) is 6.92 Å². The van der Waals surface area contributed by atoms with Gasteiger partial charge < -0.3 is 6.92 Å². The van der Waals surface area contributed by atoms with Gasteiger partial charge >= 0.3 is 0 Å². The molecule has 6 heavy (non-hydrogen) atoms. The second-order valence-electron chi connectivity index (χ2n) is 1.47. The molecule has 0 aliphatic heterocycles. The minimum atomic E-state index is 0.287. The quantitative estimate of drug-likeness (QED) is 0.438. The molecule has 0 bridgehead atoms. The van der Waals surface area contributed by atoms with Crippen LogP contribution in [0.5, 0.6) is 0 Å². The monoisotopic (exact) mass is 82.1 g/mol. The summed E-state index contributed by atoms with van der Waals surface area (Å²) in [5, 5.41) is 7.95. The van der Waals surface area contributed by atoms with Crippen LogP contribution >= 0.6 is 0 Å². The molecule has 0 aromatic heterocycles. The van der Waals surface area contributed by atoms with Crippen molar-refractivity contribution in [2.75, 3.05) is 0 Å². The predicted octanol–water partition coefficient (Wildman–Crippen LogP) is 1.37. The zero-order valence-electron chi connectivity index (χ0n) is 3.94. The average Bonchev–Trinajstić information content (AvgIpc) is 1.35. The minimum Gasteiger partial charge on any atom is -0.340 e. The molecule has 0 rings (SSSR count). The van der Waals surface area contributed by atoms with E-state index in [9.17, 15) is 0 Å². The number of hydrogen-bond acceptors (Lipinski definition) is 1. The molecule has 0 fully saturated rings. The standard InChI is InChI=1S/C5H8N/c1-5(2)3-4-6/h5H,1,3H2,2H3/q-1. The van der Waals surface area contributed by atoms with Crippen LogP contribution in [0.3, 0.4) is 0 Å². The van der Waals surface area contributed by atoms with Gasteiger partial charge in [-0.05, 0) is 0 Å². The molecule has 1 unspecified atom stereocenters. The molecule has 1 nitrogen and oxygen atoms in total. The first-order valence-corrected chi connectivity index (χ1v) is 1.97. The van der Waals surface area contributed by atoms with Crippen molar-refractivity contribution in [2.45, 2.75) is 13.3 Å². The Kier molecular flexibility index (Phi) is 2.48. The summed E-state index contributed by atoms with van der Waals surface area (Å²) in [5.74, 6) is 0.287. The highest BCUT2D eigenvalue weighted by atomic mass is 14.2. The fraction of sp³-hybridized carbons (Fsp3) is 0.600. The minimum absolute atomic E-state index is 0.287. The molecule has 0 spiro atoms. The summed E-state index contributed by atoms with van der Waals surface area (Å²) in [4.78, 5) is 0. The molecule has 0 aromatic rings. The first-order valence-electron chi connectivity index (χ1n) is 1.97. The van der Waals surface area contributed by atoms with Crippen molar-refractivity contribution in [3.8, 4) is 6.07 Å². The van der Waals surface area contributed by atoms with Crippen molar-refractivity contribution in [3.63, 3.8) is 0 Å². The van der Waals surface area contributed by atoms with E-state index in [0.29, 0.717) is 6.42 Å². The summed E-state index contributed by atoms with van der Waals surface area (Å²) in [5.41, 5.74) is 0. The molecule has 34 valence electrons. The van der Waals surface area contributed by atoms with Gasteiger partial charge in [0.05, 0.1) is 6.07 Å². The van der Waals surface area contributed by atoms with E-state index in [1.807, 2.05) is 13.0 Å². The van der Waals surface area contributed by atoms with Crippen molar-refractivity contribution in [3.05, 3.63) is 6.92 Å². The van der Waals surface area contributed by atoms with Crippen molar-refractivity contribution < 1.29 is 0 Å². The Morgan fingerprint density at radius 3 is 2.50 bits per heavy atom. The smallest absolute Gasteiger partial charge is 0.0597 e. The lowest BCUT2D eigenvalue weighted by molar-refractivity contribution is 0.748. The highest BCUT2D eigenvalue weighted by molar-refractivity contribution is 4.73. The maximum Gasteiger partial charge on any atom is 0.0597 e. The lowest BCUT2D eigenvalue weighted by Crippen LogP contribution is -1.80. The van der Waals surface area contributed by atoms with Gasteiger partial charge in [0.1, 0.15) is 0 Å². The lowest BCUT2D eigenvalue weighted by atomic mass is 10.2. The van der Waals surface area contributed by atoms with Gasteiger partial charge in [-0.15, -0.1) is 0 Å². The van der Waals surface area contributed by atoms with E-state index >= 15 is 0 Å². The fourth-order valence-electron chi connectivity index (χ4n) is 0.156. The molecule has 0 radical (unpaired) electrons. The summed E-state index contributed by atoms with van der Waals surface area (Å²) in [6, 6.07) is 2.00. The van der Waals surface area contributed by atoms with Gasteiger partial charge in [0.25, 0.3) is 0 Å². The predicted molar refractivity (Wildman–Crippen MR) is 24.8 cm³/mol. The topological polar surface area (TPSA) is 23.8 Å². The van der Waals surface area contributed by atoms with E-state index in [2.05, 4.69) is 6.92 Å². The first kappa shape index (κ1) is 5.49. The Morgan fingerprint density at radius 1 is 2.00 bits per heavy atom. The maximum atomic E-state index is 7.95. The van der Waals surface area contributed by atoms with Crippen molar-refractivity contribution in [1.82, 2.24) is 0 Å². The van der Waals surface area contributed by atoms with Crippen LogP contribution < -0.4 is 0 Å². The first-order chi connectivity index (χ1) is 2.77. The normalized spacial score (nSPS) is 12.8. The van der Waals surface area contributed by atoms with Crippen LogP contribution in [0.2, 0.25) is 0 Å². The Hall–Kier alpha value is -0.510. The third-order valence-electron chi connectivity index (χ3n) is 0.440. The Balaban J connectivity index is 2.88. The molecule has 0 aliphatic rings. The van der Waals surface area contributed by atoms with E-state index in [1.54, 1.807) is 0 Å². The zero-order valence-corrected chi connectivity index (χ0v) is 3.94. The summed E-state index contributed by atoms with van der Waals surface area (Å²) in [6.45, 7) is 5.53. The SMILES string of the molecule is [CH2-]C(C)CC#N. The van der Waals surface area contributed by atoms with E-state index < -0.39 is 0 Å². The number of nitriles is 1. The molecule has 0 N–H and O–H groups in total. The molecular weight excluding hydrogens is 74.1 g/mol. The van der Waals surface area contributed by atoms with Crippen molar-refractivity contribution in [2.24, 2.45) is 5.92 Å². The summed E-state index contributed by atoms with van der Waals surface area (Å²) >= 11 is 0. The second-order valence-corrected chi connectivity index (χ2v) is 1.47. The molecule has 0 aromatic carbocycles. The molecule has 0 aliphatic carbocycles. The van der Waals surface area contributed by atoms with Gasteiger partial charge in [-0.25, -0.2) is 0 Å². The summed E-state index contributed by atoms with van der Waals surface area (Å²) < 4.78 is 0. The molecule has 1 heteroatoms. The highest BCUT2D eigenvalue weighted by Crippen LogP contribution is 1.93. The van der Waals surface area contributed by atoms with Gasteiger partial charge in [-0.2, -0.15) is 11.2 Å². The molecule has 0 amide bonds. The van der Waals surface area contributed by atoms with Gasteiger partial charge in [0, 0.05) is 6.42 Å². The number of hydrogen-bond donors (Lipinski definition) is 0. The van der Waals surface area contributed by atoms with Gasteiger partial charge in [0.15, 0.2) is 0 Å². The third-order valence-corrected chi connectivity index (χ3v) is 0.440. The Bertz CT molecular complexity index is 58.8. The van der Waals surface area contributed by atoms with E-state index in [0.717, 1.165) is 0 Å². The Morgan fingerprint density at radius 2 is 2.50 bits per heavy atom. The molecular formula is C5H8N-. The van der Waals surface area contributed by atoms with Crippen LogP contribution in [0, 0.1) is 24.2 Å². The largest absolute Gasteiger partial charge is 0.340 e. The average molecular weight is 82.1 g/mol. The molecule has 0 saturated heterocycles. The molecule has 1 atom stereocenters. The van der Waals surface area contributed by atoms with Crippen molar-refractivity contribution in [1.29, 1.82) is 5.26 Å². The number of rotatable bonds is 1. The van der Waals surface area contributed by atoms with Crippen LogP contribution in [-0.4, -0.2) is 0 Å². The van der Waals surface area contributed by atoms with Crippen LogP contribution in [0.4, 0.5) is 0 Å². The van der Waals surface area contributed by atoms with Crippen LogP contribution in [-0.2, 0) is 0 Å². The highest BCUT2D eigenvalue weighted by Gasteiger charge is 1.77. The van der Waals surface area contributed by atoms with E-state index in [1.165, 1.54) is 0 Å². The maximum absolute atomic E-state index is 7.95. The van der Waals surface area contributed by atoms with Gasteiger partial charge in [-0.3, -0.25) is 0 Å². The van der Waals surface area contributed by atoms with Crippen LogP contribution in [0.15, 0.2) is 0 Å². The molecule has 0 saturated carbocycles. The van der Waals surface area contributed by atoms with Crippen LogP contribution in [0.25, 0.3) is 0 Å². The number of nitrogens with zero attached hydrogens (tertiary/aromatic N) is 1.